The van der Waals surface area contributed by atoms with Gasteiger partial charge in [-0.1, -0.05) is 66.7 Å². The number of hydrogen-bond acceptors (Lipinski definition) is 7. The summed E-state index contributed by atoms with van der Waals surface area (Å²) in [6.45, 7) is 10.4. The minimum Gasteiger partial charge on any atom is -0.347 e. The van der Waals surface area contributed by atoms with E-state index in [-0.39, 0.29) is 23.3 Å². The van der Waals surface area contributed by atoms with E-state index in [1.54, 1.807) is 11.9 Å². The van der Waals surface area contributed by atoms with Crippen molar-refractivity contribution in [3.63, 3.8) is 0 Å². The van der Waals surface area contributed by atoms with Gasteiger partial charge in [-0.3, -0.25) is 19.2 Å². The molecule has 6 fully saturated rings. The molecule has 2 heterocycles. The number of nitrogens with zero attached hydrogens (tertiary/aromatic N) is 2. The molecule has 1 unspecified atom stereocenters. The third-order valence-electron chi connectivity index (χ3n) is 12.7. The lowest BCUT2D eigenvalue weighted by Crippen LogP contribution is -2.65. The van der Waals surface area contributed by atoms with E-state index in [0.717, 1.165) is 51.4 Å². The molecule has 13 nitrogen and oxygen atoms in total. The highest BCUT2D eigenvalue weighted by molar-refractivity contribution is 7.90. The lowest BCUT2D eigenvalue weighted by molar-refractivity contribution is -0.145. The number of hydrogen-bond donors (Lipinski definition) is 4. The van der Waals surface area contributed by atoms with Crippen molar-refractivity contribution in [2.45, 2.75) is 147 Å². The number of carbonyl (C=O) groups excluding carboxylic acids is 5. The lowest BCUT2D eigenvalue weighted by Gasteiger charge is -2.43. The quantitative estimate of drug-likeness (QED) is 0.224. The van der Waals surface area contributed by atoms with Crippen LogP contribution in [0.1, 0.15) is 112 Å². The minimum atomic E-state index is -3.59. The summed E-state index contributed by atoms with van der Waals surface area (Å²) in [5.41, 5.74) is -1.88. The first-order chi connectivity index (χ1) is 23.4. The molecule has 2 aliphatic heterocycles. The van der Waals surface area contributed by atoms with E-state index in [4.69, 9.17) is 0 Å². The number of nitrogens with one attached hydrogen (secondary N) is 4. The van der Waals surface area contributed by atoms with Gasteiger partial charge in [0, 0.05) is 26.2 Å². The molecule has 14 heteroatoms. The molecular formula is C36H58N6O7S. The Morgan fingerprint density at radius 1 is 0.920 bits per heavy atom. The van der Waals surface area contributed by atoms with Gasteiger partial charge in [0.2, 0.25) is 27.6 Å². The van der Waals surface area contributed by atoms with Crippen LogP contribution in [0.15, 0.2) is 0 Å². The maximum Gasteiger partial charge on any atom is 0.315 e. The van der Waals surface area contributed by atoms with Crippen LogP contribution in [-0.4, -0.2) is 102 Å². The SMILES string of the molecule is CN1CCC(C2(NC(=O)N[C@H](C(=O)N3C[C@H]4[C@@H]([C@H]3C(=O)N[C@@H](CCC3CC3)C(=O)C(=O)NC3CC3)C4(C)C)C(C)(C)C)CCCCC2)S1(=O)=O. The van der Waals surface area contributed by atoms with Crippen molar-refractivity contribution in [1.29, 1.82) is 0 Å². The molecule has 6 atom stereocenters. The number of urea groups is 1. The van der Waals surface area contributed by atoms with Crippen LogP contribution < -0.4 is 21.3 Å². The van der Waals surface area contributed by atoms with Gasteiger partial charge in [-0.25, -0.2) is 17.5 Å². The van der Waals surface area contributed by atoms with Gasteiger partial charge in [-0.05, 0) is 73.5 Å². The summed E-state index contributed by atoms with van der Waals surface area (Å²) < 4.78 is 28.0. The summed E-state index contributed by atoms with van der Waals surface area (Å²) in [6.07, 6.45) is 9.02. The first-order valence-electron chi connectivity index (χ1n) is 18.9. The predicted molar refractivity (Wildman–Crippen MR) is 187 cm³/mol. The largest absolute Gasteiger partial charge is 0.347 e. The molecule has 0 bridgehead atoms. The van der Waals surface area contributed by atoms with E-state index in [9.17, 15) is 32.4 Å². The number of carbonyl (C=O) groups is 5. The fraction of sp³-hybridized carbons (Fsp3) is 0.861. The predicted octanol–water partition coefficient (Wildman–Crippen LogP) is 2.44. The summed E-state index contributed by atoms with van der Waals surface area (Å²) in [4.78, 5) is 70.3. The second kappa shape index (κ2) is 13.3. The zero-order valence-electron chi connectivity index (χ0n) is 30.7. The zero-order chi connectivity index (χ0) is 36.4. The molecule has 6 rings (SSSR count). The van der Waals surface area contributed by atoms with Crippen molar-refractivity contribution in [1.82, 2.24) is 30.5 Å². The Bertz CT molecular complexity index is 1490. The highest BCUT2D eigenvalue weighted by atomic mass is 32.2. The zero-order valence-corrected chi connectivity index (χ0v) is 31.5. The number of fused-ring (bicyclic) bond motifs is 1. The Morgan fingerprint density at radius 3 is 2.14 bits per heavy atom. The molecule has 0 radical (unpaired) electrons. The average molecular weight is 719 g/mol. The first-order valence-corrected chi connectivity index (χ1v) is 20.4. The number of amides is 5. The number of rotatable bonds is 12. The normalized spacial score (nSPS) is 30.8. The second-order valence-electron chi connectivity index (χ2n) is 17.8. The van der Waals surface area contributed by atoms with Gasteiger partial charge in [0.25, 0.3) is 5.91 Å². The fourth-order valence-electron chi connectivity index (χ4n) is 9.06. The molecule has 0 aromatic heterocycles. The molecule has 4 N–H and O–H groups in total. The summed E-state index contributed by atoms with van der Waals surface area (Å²) >= 11 is 0. The maximum absolute atomic E-state index is 14.5. The van der Waals surface area contributed by atoms with Crippen LogP contribution in [0.5, 0.6) is 0 Å². The smallest absolute Gasteiger partial charge is 0.315 e. The van der Waals surface area contributed by atoms with Gasteiger partial charge in [0.15, 0.2) is 0 Å². The van der Waals surface area contributed by atoms with E-state index >= 15 is 0 Å². The standard InChI is InChI=1S/C36H58N6O7S/c1-34(2,3)29(39-33(47)40-36(17-8-7-9-18-36)25-16-19-41(6)50(25,48)49)32(46)42-20-23-26(35(23,4)5)27(42)30(44)38-24(15-12-21-10-11-21)28(43)31(45)37-22-13-14-22/h21-27,29H,7-20H2,1-6H3,(H,37,45)(H,38,44)(H2,39,40,47)/t23-,24-,25?,26-,27-,29+/m0/s1. The molecule has 50 heavy (non-hydrogen) atoms. The van der Waals surface area contributed by atoms with Crippen molar-refractivity contribution in [3.05, 3.63) is 0 Å². The van der Waals surface area contributed by atoms with Crippen LogP contribution in [-0.2, 0) is 29.2 Å². The number of likely N-dealkylation sites (tertiary alicyclic amines) is 1. The molecule has 4 saturated carbocycles. The summed E-state index contributed by atoms with van der Waals surface area (Å²) in [6, 6.07) is -3.43. The minimum absolute atomic E-state index is 0.0122. The van der Waals surface area contributed by atoms with Crippen LogP contribution in [0.4, 0.5) is 4.79 Å². The summed E-state index contributed by atoms with van der Waals surface area (Å²) in [5.74, 6) is -1.72. The van der Waals surface area contributed by atoms with Crippen LogP contribution in [0.25, 0.3) is 0 Å². The van der Waals surface area contributed by atoms with E-state index in [0.29, 0.717) is 44.7 Å². The average Bonchev–Trinajstić information content (AvgIpc) is 4.00. The third kappa shape index (κ3) is 7.29. The Hall–Kier alpha value is -2.74. The first kappa shape index (κ1) is 37.0. The molecule has 6 aliphatic rings. The van der Waals surface area contributed by atoms with Crippen molar-refractivity contribution in [2.75, 3.05) is 20.1 Å². The number of piperidine rings is 1. The van der Waals surface area contributed by atoms with Crippen LogP contribution in [0.3, 0.4) is 0 Å². The van der Waals surface area contributed by atoms with E-state index < -0.39 is 73.9 Å². The van der Waals surface area contributed by atoms with E-state index in [1.807, 2.05) is 20.8 Å². The van der Waals surface area contributed by atoms with Gasteiger partial charge in [-0.15, -0.1) is 0 Å². The highest BCUT2D eigenvalue weighted by Crippen LogP contribution is 2.65. The Balaban J connectivity index is 1.20. The topological polar surface area (TPSA) is 174 Å². The Kier molecular flexibility index (Phi) is 9.89. The van der Waals surface area contributed by atoms with Crippen LogP contribution >= 0.6 is 0 Å². The van der Waals surface area contributed by atoms with E-state index in [1.165, 1.54) is 4.31 Å². The summed E-state index contributed by atoms with van der Waals surface area (Å²) in [5, 5.41) is 10.9. The molecule has 4 aliphatic carbocycles. The molecular weight excluding hydrogens is 660 g/mol. The van der Waals surface area contributed by atoms with Gasteiger partial charge >= 0.3 is 6.03 Å². The Labute approximate surface area is 297 Å². The van der Waals surface area contributed by atoms with Crippen LogP contribution in [0.2, 0.25) is 0 Å². The van der Waals surface area contributed by atoms with Crippen molar-refractivity contribution < 1.29 is 32.4 Å². The highest BCUT2D eigenvalue weighted by Gasteiger charge is 2.70. The molecule has 0 aromatic rings. The molecule has 0 aromatic carbocycles. The third-order valence-corrected chi connectivity index (χ3v) is 15.2. The molecule has 0 spiro atoms. The monoisotopic (exact) mass is 718 g/mol. The van der Waals surface area contributed by atoms with E-state index in [2.05, 4.69) is 35.1 Å². The van der Waals surface area contributed by atoms with Gasteiger partial charge in [0.1, 0.15) is 12.1 Å². The Morgan fingerprint density at radius 2 is 1.58 bits per heavy atom. The fourth-order valence-corrected chi connectivity index (χ4v) is 11.1. The van der Waals surface area contributed by atoms with Gasteiger partial charge in [0.05, 0.1) is 16.8 Å². The maximum atomic E-state index is 14.5. The number of sulfonamides is 1. The number of Topliss-reactive ketones (excluding diaryl/α,β-unsaturated/α-hetero) is 1. The van der Waals surface area contributed by atoms with Crippen molar-refractivity contribution in [2.24, 2.45) is 28.6 Å². The van der Waals surface area contributed by atoms with Crippen molar-refractivity contribution in [3.8, 4) is 0 Å². The summed E-state index contributed by atoms with van der Waals surface area (Å²) in [7, 11) is -2.02. The van der Waals surface area contributed by atoms with Gasteiger partial charge in [-0.2, -0.15) is 0 Å². The molecule has 2 saturated heterocycles. The lowest BCUT2D eigenvalue weighted by atomic mass is 9.78. The molecule has 5 amide bonds. The molecule has 280 valence electrons. The number of ketones is 1. The van der Waals surface area contributed by atoms with Gasteiger partial charge < -0.3 is 26.2 Å². The van der Waals surface area contributed by atoms with Crippen molar-refractivity contribution >= 4 is 39.6 Å². The second-order valence-corrected chi connectivity index (χ2v) is 20.1. The van der Waals surface area contributed by atoms with Crippen LogP contribution in [0, 0.1) is 28.6 Å².